The Hall–Kier alpha value is -3.16. The minimum absolute atomic E-state index is 0.00616. The maximum Gasteiger partial charge on any atom is 0.271 e. The van der Waals surface area contributed by atoms with Crippen LogP contribution in [0.2, 0.25) is 0 Å². The highest BCUT2D eigenvalue weighted by molar-refractivity contribution is 7.10. The average molecular weight is 488 g/mol. The quantitative estimate of drug-likeness (QED) is 0.406. The molecule has 172 valence electrons. The zero-order valence-electron chi connectivity index (χ0n) is 19.2. The van der Waals surface area contributed by atoms with Crippen molar-refractivity contribution in [2.75, 3.05) is 18.0 Å². The summed E-state index contributed by atoms with van der Waals surface area (Å²) in [5.41, 5.74) is 4.79. The fraction of sp³-hybridized carbons (Fsp3) is 0.259. The first-order valence-corrected chi connectivity index (χ1v) is 13.4. The number of hydrogen-bond donors (Lipinski definition) is 0. The minimum Gasteiger partial charge on any atom is -0.441 e. The number of benzene rings is 1. The molecule has 7 heteroatoms. The van der Waals surface area contributed by atoms with Crippen LogP contribution in [0.1, 0.15) is 48.1 Å². The maximum absolute atomic E-state index is 13.7. The van der Waals surface area contributed by atoms with E-state index in [0.717, 1.165) is 42.3 Å². The zero-order chi connectivity index (χ0) is 23.2. The van der Waals surface area contributed by atoms with Crippen molar-refractivity contribution in [2.24, 2.45) is 4.99 Å². The van der Waals surface area contributed by atoms with Crippen LogP contribution in [-0.2, 0) is 6.42 Å². The largest absolute Gasteiger partial charge is 0.441 e. The predicted octanol–water partition coefficient (Wildman–Crippen LogP) is 4.82. The summed E-state index contributed by atoms with van der Waals surface area (Å²) in [6, 6.07) is 16.5. The lowest BCUT2D eigenvalue weighted by Gasteiger charge is -2.30. The second kappa shape index (κ2) is 8.56. The molecule has 0 bridgehead atoms. The van der Waals surface area contributed by atoms with Crippen LogP contribution < -0.4 is 19.8 Å². The van der Waals surface area contributed by atoms with E-state index in [1.165, 1.54) is 32.9 Å². The minimum atomic E-state index is -0.107. The van der Waals surface area contributed by atoms with Gasteiger partial charge in [0.15, 0.2) is 10.7 Å². The van der Waals surface area contributed by atoms with Gasteiger partial charge in [-0.1, -0.05) is 41.7 Å². The van der Waals surface area contributed by atoms with Gasteiger partial charge in [0.05, 0.1) is 16.3 Å². The van der Waals surface area contributed by atoms with Gasteiger partial charge < -0.3 is 9.32 Å². The molecule has 0 saturated heterocycles. The number of anilines is 1. The van der Waals surface area contributed by atoms with Gasteiger partial charge in [-0.2, -0.15) is 0 Å². The smallest absolute Gasteiger partial charge is 0.271 e. The van der Waals surface area contributed by atoms with Crippen LogP contribution in [-0.4, -0.2) is 17.7 Å². The van der Waals surface area contributed by atoms with Crippen LogP contribution >= 0.6 is 22.7 Å². The Morgan fingerprint density at radius 3 is 2.76 bits per heavy atom. The number of allylic oxidation sites excluding steroid dienone is 1. The standard InChI is InChI=1S/C27H25N3O2S2/c1-3-29(4-2)23-14-12-18(32-23)16-22-26(31)30-25(21-10-7-15-33-21)20-13-11-17-8-5-6-9-19(17)24(20)28-27(30)34-22/h5-10,12,14-16,25H,3-4,11,13H2,1-2H3/b22-16-/t25-/m1/s1. The van der Waals surface area contributed by atoms with E-state index in [0.29, 0.717) is 10.3 Å². The van der Waals surface area contributed by atoms with E-state index in [9.17, 15) is 4.79 Å². The number of aromatic nitrogens is 1. The van der Waals surface area contributed by atoms with Gasteiger partial charge in [-0.25, -0.2) is 4.99 Å². The fourth-order valence-electron chi connectivity index (χ4n) is 4.97. The molecule has 2 aliphatic rings. The van der Waals surface area contributed by atoms with E-state index < -0.39 is 0 Å². The van der Waals surface area contributed by atoms with Crippen LogP contribution in [0.25, 0.3) is 11.8 Å². The Balaban J connectivity index is 1.53. The van der Waals surface area contributed by atoms with Crippen molar-refractivity contribution in [3.05, 3.63) is 101 Å². The lowest BCUT2D eigenvalue weighted by molar-refractivity contribution is 0.541. The summed E-state index contributed by atoms with van der Waals surface area (Å²) in [6.07, 6.45) is 3.74. The Morgan fingerprint density at radius 1 is 1.12 bits per heavy atom. The maximum atomic E-state index is 13.7. The number of hydrogen-bond acceptors (Lipinski definition) is 6. The molecule has 4 aromatic rings. The van der Waals surface area contributed by atoms with Gasteiger partial charge in [-0.15, -0.1) is 11.3 Å². The van der Waals surface area contributed by atoms with Gasteiger partial charge >= 0.3 is 0 Å². The van der Waals surface area contributed by atoms with Crippen molar-refractivity contribution in [1.82, 2.24) is 4.57 Å². The van der Waals surface area contributed by atoms with Crippen LogP contribution in [0.4, 0.5) is 5.88 Å². The predicted molar refractivity (Wildman–Crippen MR) is 139 cm³/mol. The van der Waals surface area contributed by atoms with Crippen LogP contribution in [0.3, 0.4) is 0 Å². The topological polar surface area (TPSA) is 50.7 Å². The summed E-state index contributed by atoms with van der Waals surface area (Å²) in [6.45, 7) is 5.96. The molecule has 1 aliphatic heterocycles. The third kappa shape index (κ3) is 3.42. The molecule has 0 spiro atoms. The molecular weight excluding hydrogens is 462 g/mol. The van der Waals surface area contributed by atoms with Gasteiger partial charge in [0.2, 0.25) is 0 Å². The van der Waals surface area contributed by atoms with Crippen molar-refractivity contribution in [3.63, 3.8) is 0 Å². The second-order valence-corrected chi connectivity index (χ2v) is 10.5. The highest BCUT2D eigenvalue weighted by Crippen LogP contribution is 2.42. The van der Waals surface area contributed by atoms with Crippen molar-refractivity contribution in [1.29, 1.82) is 0 Å². The van der Waals surface area contributed by atoms with Crippen molar-refractivity contribution in [2.45, 2.75) is 32.7 Å². The first kappa shape index (κ1) is 21.4. The van der Waals surface area contributed by atoms with Crippen LogP contribution in [0.15, 0.2) is 73.7 Å². The van der Waals surface area contributed by atoms with E-state index in [1.54, 1.807) is 11.3 Å². The summed E-state index contributed by atoms with van der Waals surface area (Å²) >= 11 is 3.14. The van der Waals surface area contributed by atoms with E-state index in [2.05, 4.69) is 60.5 Å². The third-order valence-electron chi connectivity index (χ3n) is 6.65. The first-order chi connectivity index (χ1) is 16.7. The molecule has 0 N–H and O–H groups in total. The Kier molecular flexibility index (Phi) is 5.38. The van der Waals surface area contributed by atoms with E-state index in [1.807, 2.05) is 22.8 Å². The highest BCUT2D eigenvalue weighted by Gasteiger charge is 2.33. The molecule has 1 atom stereocenters. The third-order valence-corrected chi connectivity index (χ3v) is 8.55. The number of furan rings is 1. The van der Waals surface area contributed by atoms with Crippen molar-refractivity contribution in [3.8, 4) is 0 Å². The molecule has 0 unspecified atom stereocenters. The molecule has 0 radical (unpaired) electrons. The second-order valence-electron chi connectivity index (χ2n) is 8.48. The van der Waals surface area contributed by atoms with E-state index in [4.69, 9.17) is 9.41 Å². The van der Waals surface area contributed by atoms with Gasteiger partial charge in [-0.3, -0.25) is 9.36 Å². The number of thiazole rings is 1. The van der Waals surface area contributed by atoms with Crippen molar-refractivity contribution >= 4 is 40.3 Å². The summed E-state index contributed by atoms with van der Waals surface area (Å²) in [4.78, 5) is 22.8. The molecule has 0 amide bonds. The number of rotatable bonds is 5. The molecule has 3 aromatic heterocycles. The monoisotopic (exact) mass is 487 g/mol. The summed E-state index contributed by atoms with van der Waals surface area (Å²) < 4.78 is 8.59. The zero-order valence-corrected chi connectivity index (χ0v) is 20.8. The number of fused-ring (bicyclic) bond motifs is 3. The summed E-state index contributed by atoms with van der Waals surface area (Å²) in [5.74, 6) is 1.52. The van der Waals surface area contributed by atoms with Gasteiger partial charge in [0, 0.05) is 35.7 Å². The van der Waals surface area contributed by atoms with Crippen LogP contribution in [0, 0.1) is 0 Å². The highest BCUT2D eigenvalue weighted by atomic mass is 32.1. The Morgan fingerprint density at radius 2 is 1.97 bits per heavy atom. The molecule has 4 heterocycles. The molecule has 5 nitrogen and oxygen atoms in total. The lowest BCUT2D eigenvalue weighted by atomic mass is 9.85. The molecule has 34 heavy (non-hydrogen) atoms. The molecule has 0 saturated carbocycles. The molecule has 1 aromatic carbocycles. The molecule has 0 fully saturated rings. The summed E-state index contributed by atoms with van der Waals surface area (Å²) in [5, 5.41) is 2.08. The first-order valence-electron chi connectivity index (χ1n) is 11.7. The number of thiophene rings is 1. The normalized spacial score (nSPS) is 17.2. The van der Waals surface area contributed by atoms with Gasteiger partial charge in [0.1, 0.15) is 5.76 Å². The Bertz CT molecular complexity index is 1570. The van der Waals surface area contributed by atoms with E-state index in [-0.39, 0.29) is 11.6 Å². The molecule has 1 aliphatic carbocycles. The molecular formula is C27H25N3O2S2. The van der Waals surface area contributed by atoms with Crippen molar-refractivity contribution < 1.29 is 4.42 Å². The van der Waals surface area contributed by atoms with Gasteiger partial charge in [-0.05, 0) is 55.3 Å². The Labute approximate surface area is 205 Å². The average Bonchev–Trinajstić information content (AvgIpc) is 3.61. The SMILES string of the molecule is CCN(CC)c1ccc(/C=c2\sc3n(c2=O)[C@@H](c2cccs2)C2=C(N=3)c3ccccc3CC2)o1. The molecule has 6 rings (SSSR count). The van der Waals surface area contributed by atoms with Crippen LogP contribution in [0.5, 0.6) is 0 Å². The number of aryl methyl sites for hydroxylation is 1. The van der Waals surface area contributed by atoms with Gasteiger partial charge in [0.25, 0.3) is 5.56 Å². The number of nitrogens with zero attached hydrogens (tertiary/aromatic N) is 3. The van der Waals surface area contributed by atoms with E-state index >= 15 is 0 Å². The summed E-state index contributed by atoms with van der Waals surface area (Å²) in [7, 11) is 0. The lowest BCUT2D eigenvalue weighted by Crippen LogP contribution is -2.38. The fourth-order valence-corrected chi connectivity index (χ4v) is 6.80.